The number of methoxy groups -OCH3 is 1. The van der Waals surface area contributed by atoms with Crippen LogP contribution in [-0.4, -0.2) is 19.4 Å². The zero-order valence-electron chi connectivity index (χ0n) is 6.91. The first-order chi connectivity index (χ1) is 6.19. The second-order valence-electron chi connectivity index (χ2n) is 2.35. The fourth-order valence-electron chi connectivity index (χ4n) is 0.868. The predicted molar refractivity (Wildman–Crippen MR) is 50.9 cm³/mol. The van der Waals surface area contributed by atoms with Crippen molar-refractivity contribution in [2.45, 2.75) is 0 Å². The van der Waals surface area contributed by atoms with Crippen LogP contribution in [0.1, 0.15) is 20.7 Å². The zero-order chi connectivity index (χ0) is 9.84. The molecule has 0 unspecified atom stereocenters. The smallest absolute Gasteiger partial charge is 0.337 e. The van der Waals surface area contributed by atoms with Gasteiger partial charge in [-0.3, -0.25) is 4.79 Å². The average molecular weight is 243 g/mol. The maximum absolute atomic E-state index is 11.0. The summed E-state index contributed by atoms with van der Waals surface area (Å²) in [5.74, 6) is -0.418. The highest BCUT2D eigenvalue weighted by molar-refractivity contribution is 9.10. The lowest BCUT2D eigenvalue weighted by molar-refractivity contribution is 0.0600. The molecule has 0 bridgehead atoms. The SMILES string of the molecule is COC(=O)c1ccc(C=O)c(Br)c1. The van der Waals surface area contributed by atoms with E-state index < -0.39 is 5.97 Å². The molecule has 0 heterocycles. The van der Waals surface area contributed by atoms with Crippen molar-refractivity contribution in [2.75, 3.05) is 7.11 Å². The third-order valence-electron chi connectivity index (χ3n) is 1.55. The number of carbonyl (C=O) groups excluding carboxylic acids is 2. The topological polar surface area (TPSA) is 43.4 Å². The van der Waals surface area contributed by atoms with Crippen LogP contribution in [0.3, 0.4) is 0 Å². The van der Waals surface area contributed by atoms with E-state index >= 15 is 0 Å². The van der Waals surface area contributed by atoms with Gasteiger partial charge in [-0.2, -0.15) is 0 Å². The highest BCUT2D eigenvalue weighted by atomic mass is 79.9. The molecule has 0 saturated heterocycles. The van der Waals surface area contributed by atoms with E-state index in [1.807, 2.05) is 0 Å². The Hall–Kier alpha value is -1.16. The first kappa shape index (κ1) is 9.92. The van der Waals surface area contributed by atoms with Crippen LogP contribution in [0, 0.1) is 0 Å². The van der Waals surface area contributed by atoms with Gasteiger partial charge in [0.15, 0.2) is 6.29 Å². The zero-order valence-corrected chi connectivity index (χ0v) is 8.50. The number of hydrogen-bond acceptors (Lipinski definition) is 3. The monoisotopic (exact) mass is 242 g/mol. The lowest BCUT2D eigenvalue weighted by Gasteiger charge is -2.00. The van der Waals surface area contributed by atoms with Crippen molar-refractivity contribution < 1.29 is 14.3 Å². The maximum atomic E-state index is 11.0. The Bertz CT molecular complexity index is 347. The van der Waals surface area contributed by atoms with Crippen molar-refractivity contribution in [1.82, 2.24) is 0 Å². The normalized spacial score (nSPS) is 9.38. The van der Waals surface area contributed by atoms with E-state index in [2.05, 4.69) is 20.7 Å². The lowest BCUT2D eigenvalue weighted by atomic mass is 10.1. The van der Waals surface area contributed by atoms with Gasteiger partial charge in [-0.15, -0.1) is 0 Å². The molecular weight excluding hydrogens is 236 g/mol. The Morgan fingerprint density at radius 2 is 2.23 bits per heavy atom. The van der Waals surface area contributed by atoms with Crippen LogP contribution in [0.2, 0.25) is 0 Å². The number of esters is 1. The third kappa shape index (κ3) is 2.15. The van der Waals surface area contributed by atoms with Crippen LogP contribution in [0.5, 0.6) is 0 Å². The van der Waals surface area contributed by atoms with Crippen molar-refractivity contribution in [3.63, 3.8) is 0 Å². The molecule has 0 spiro atoms. The second-order valence-corrected chi connectivity index (χ2v) is 3.20. The highest BCUT2D eigenvalue weighted by Crippen LogP contribution is 2.17. The van der Waals surface area contributed by atoms with Gasteiger partial charge in [0.05, 0.1) is 12.7 Å². The highest BCUT2D eigenvalue weighted by Gasteiger charge is 2.07. The Morgan fingerprint density at radius 1 is 1.54 bits per heavy atom. The molecule has 0 aliphatic heterocycles. The van der Waals surface area contributed by atoms with Gasteiger partial charge in [0.1, 0.15) is 0 Å². The molecule has 0 saturated carbocycles. The minimum Gasteiger partial charge on any atom is -0.465 e. The molecule has 0 fully saturated rings. The van der Waals surface area contributed by atoms with Crippen LogP contribution >= 0.6 is 15.9 Å². The Morgan fingerprint density at radius 3 is 2.69 bits per heavy atom. The van der Waals surface area contributed by atoms with Crippen molar-refractivity contribution in [1.29, 1.82) is 0 Å². The van der Waals surface area contributed by atoms with Gasteiger partial charge in [-0.05, 0) is 18.2 Å². The molecule has 1 rings (SSSR count). The molecular formula is C9H7BrO3. The molecule has 3 nitrogen and oxygen atoms in total. The molecule has 0 radical (unpaired) electrons. The standard InChI is InChI=1S/C9H7BrO3/c1-13-9(12)6-2-3-7(5-11)8(10)4-6/h2-5H,1H3. The average Bonchev–Trinajstić information content (AvgIpc) is 2.16. The number of aldehydes is 1. The molecule has 13 heavy (non-hydrogen) atoms. The van der Waals surface area contributed by atoms with Gasteiger partial charge >= 0.3 is 5.97 Å². The fraction of sp³-hybridized carbons (Fsp3) is 0.111. The first-order valence-electron chi connectivity index (χ1n) is 3.52. The van der Waals surface area contributed by atoms with E-state index in [0.29, 0.717) is 21.9 Å². The molecule has 4 heteroatoms. The summed E-state index contributed by atoms with van der Waals surface area (Å²) < 4.78 is 5.10. The van der Waals surface area contributed by atoms with Crippen molar-refractivity contribution in [3.05, 3.63) is 33.8 Å². The number of benzene rings is 1. The van der Waals surface area contributed by atoms with Crippen LogP contribution in [0.15, 0.2) is 22.7 Å². The number of halogens is 1. The van der Waals surface area contributed by atoms with Crippen LogP contribution in [0.4, 0.5) is 0 Å². The summed E-state index contributed by atoms with van der Waals surface area (Å²) in [7, 11) is 1.31. The molecule has 0 aliphatic carbocycles. The van der Waals surface area contributed by atoms with E-state index in [-0.39, 0.29) is 0 Å². The van der Waals surface area contributed by atoms with E-state index in [4.69, 9.17) is 0 Å². The minimum absolute atomic E-state index is 0.417. The van der Waals surface area contributed by atoms with E-state index in [9.17, 15) is 9.59 Å². The van der Waals surface area contributed by atoms with Gasteiger partial charge in [-0.1, -0.05) is 15.9 Å². The molecule has 68 valence electrons. The molecule has 1 aromatic rings. The summed E-state index contributed by atoms with van der Waals surface area (Å²) in [4.78, 5) is 21.5. The Labute approximate surface area is 83.8 Å². The van der Waals surface area contributed by atoms with Gasteiger partial charge in [-0.25, -0.2) is 4.79 Å². The molecule has 0 aliphatic rings. The third-order valence-corrected chi connectivity index (χ3v) is 2.24. The van der Waals surface area contributed by atoms with E-state index in [0.717, 1.165) is 0 Å². The first-order valence-corrected chi connectivity index (χ1v) is 4.31. The Kier molecular flexibility index (Phi) is 3.19. The molecule has 0 atom stereocenters. The molecule has 0 N–H and O–H groups in total. The minimum atomic E-state index is -0.418. The summed E-state index contributed by atoms with van der Waals surface area (Å²) >= 11 is 3.17. The summed E-state index contributed by atoms with van der Waals surface area (Å²) in [6, 6.07) is 4.65. The van der Waals surface area contributed by atoms with Gasteiger partial charge in [0, 0.05) is 10.0 Å². The number of rotatable bonds is 2. The summed E-state index contributed by atoms with van der Waals surface area (Å²) in [5.41, 5.74) is 0.924. The molecule has 0 amide bonds. The number of ether oxygens (including phenoxy) is 1. The number of carbonyl (C=O) groups is 2. The van der Waals surface area contributed by atoms with Crippen LogP contribution in [0.25, 0.3) is 0 Å². The van der Waals surface area contributed by atoms with Gasteiger partial charge < -0.3 is 4.74 Å². The van der Waals surface area contributed by atoms with Gasteiger partial charge in [0.25, 0.3) is 0 Å². The van der Waals surface area contributed by atoms with Crippen molar-refractivity contribution in [2.24, 2.45) is 0 Å². The van der Waals surface area contributed by atoms with Crippen molar-refractivity contribution >= 4 is 28.2 Å². The quantitative estimate of drug-likeness (QED) is 0.589. The van der Waals surface area contributed by atoms with Crippen LogP contribution < -0.4 is 0 Å². The fourth-order valence-corrected chi connectivity index (χ4v) is 1.34. The Balaban J connectivity index is 3.09. The van der Waals surface area contributed by atoms with E-state index in [1.165, 1.54) is 7.11 Å². The summed E-state index contributed by atoms with van der Waals surface area (Å²) in [6.07, 6.45) is 0.713. The number of hydrogen-bond donors (Lipinski definition) is 0. The summed E-state index contributed by atoms with van der Waals surface area (Å²) in [5, 5.41) is 0. The largest absolute Gasteiger partial charge is 0.465 e. The second kappa shape index (κ2) is 4.18. The summed E-state index contributed by atoms with van der Waals surface area (Å²) in [6.45, 7) is 0. The van der Waals surface area contributed by atoms with E-state index in [1.54, 1.807) is 18.2 Å². The molecule has 0 aromatic heterocycles. The molecule has 1 aromatic carbocycles. The van der Waals surface area contributed by atoms with Crippen LogP contribution in [-0.2, 0) is 4.74 Å². The lowest BCUT2D eigenvalue weighted by Crippen LogP contribution is -2.01. The maximum Gasteiger partial charge on any atom is 0.337 e. The van der Waals surface area contributed by atoms with Crippen molar-refractivity contribution in [3.8, 4) is 0 Å². The predicted octanol–water partition coefficient (Wildman–Crippen LogP) is 2.05. The van der Waals surface area contributed by atoms with Gasteiger partial charge in [0.2, 0.25) is 0 Å².